The lowest BCUT2D eigenvalue weighted by Crippen LogP contribution is -2.45. The molecule has 0 aromatic heterocycles. The average molecular weight is 341 g/mol. The zero-order chi connectivity index (χ0) is 14.8. The van der Waals surface area contributed by atoms with Crippen molar-refractivity contribution < 1.29 is 19.4 Å². The van der Waals surface area contributed by atoms with E-state index in [1.54, 1.807) is 31.2 Å². The van der Waals surface area contributed by atoms with Crippen molar-refractivity contribution in [1.82, 2.24) is 0 Å². The minimum Gasteiger partial charge on any atom is -0.480 e. The number of aliphatic carboxylic acids is 1. The summed E-state index contributed by atoms with van der Waals surface area (Å²) in [7, 11) is 0. The van der Waals surface area contributed by atoms with Crippen LogP contribution in [-0.4, -0.2) is 23.7 Å². The highest BCUT2D eigenvalue weighted by atomic mass is 79.9. The fraction of sp³-hybridized carbons (Fsp3) is 0.467. The van der Waals surface area contributed by atoms with Gasteiger partial charge in [0.1, 0.15) is 0 Å². The molecule has 0 saturated heterocycles. The van der Waals surface area contributed by atoms with Gasteiger partial charge in [-0.25, -0.2) is 0 Å². The van der Waals surface area contributed by atoms with Gasteiger partial charge in [0.25, 0.3) is 0 Å². The molecule has 4 nitrogen and oxygen atoms in total. The molecule has 0 aliphatic heterocycles. The van der Waals surface area contributed by atoms with Crippen molar-refractivity contribution in [3.05, 3.63) is 34.3 Å². The highest BCUT2D eigenvalue weighted by molar-refractivity contribution is 9.10. The molecule has 0 bridgehead atoms. The van der Waals surface area contributed by atoms with Gasteiger partial charge in [-0.3, -0.25) is 9.59 Å². The molecule has 0 radical (unpaired) electrons. The van der Waals surface area contributed by atoms with Gasteiger partial charge in [0.15, 0.2) is 5.41 Å². The zero-order valence-electron chi connectivity index (χ0n) is 11.3. The van der Waals surface area contributed by atoms with Gasteiger partial charge in [0.05, 0.1) is 6.61 Å². The molecule has 1 atom stereocenters. The molecule has 0 spiro atoms. The lowest BCUT2D eigenvalue weighted by atomic mass is 9.76. The van der Waals surface area contributed by atoms with E-state index < -0.39 is 17.4 Å². The third kappa shape index (κ3) is 2.87. The number of benzene rings is 1. The second-order valence-corrected chi connectivity index (χ2v) is 6.00. The van der Waals surface area contributed by atoms with Crippen LogP contribution in [-0.2, 0) is 19.7 Å². The number of carbonyl (C=O) groups is 2. The normalized spacial score (nSPS) is 17.3. The van der Waals surface area contributed by atoms with Gasteiger partial charge in [-0.1, -0.05) is 40.9 Å². The average Bonchev–Trinajstić information content (AvgIpc) is 3.19. The molecule has 20 heavy (non-hydrogen) atoms. The third-order valence-corrected chi connectivity index (χ3v) is 4.09. The molecule has 108 valence electrons. The van der Waals surface area contributed by atoms with Gasteiger partial charge in [0.2, 0.25) is 0 Å². The van der Waals surface area contributed by atoms with E-state index in [1.807, 2.05) is 0 Å². The van der Waals surface area contributed by atoms with Gasteiger partial charge in [0, 0.05) is 4.47 Å². The number of hydrogen-bond acceptors (Lipinski definition) is 3. The Morgan fingerprint density at radius 2 is 2.15 bits per heavy atom. The predicted octanol–water partition coefficient (Wildman–Crippen LogP) is 3.13. The van der Waals surface area contributed by atoms with Crippen molar-refractivity contribution in [2.75, 3.05) is 6.61 Å². The lowest BCUT2D eigenvalue weighted by molar-refractivity contribution is -0.162. The van der Waals surface area contributed by atoms with Crippen molar-refractivity contribution in [1.29, 1.82) is 0 Å². The minimum atomic E-state index is -1.60. The van der Waals surface area contributed by atoms with E-state index in [0.717, 1.165) is 17.3 Å². The van der Waals surface area contributed by atoms with Crippen LogP contribution in [0.1, 0.15) is 31.7 Å². The maximum absolute atomic E-state index is 12.4. The summed E-state index contributed by atoms with van der Waals surface area (Å²) >= 11 is 3.33. The van der Waals surface area contributed by atoms with Crippen LogP contribution >= 0.6 is 15.9 Å². The number of halogens is 1. The first-order valence-corrected chi connectivity index (χ1v) is 7.46. The van der Waals surface area contributed by atoms with Gasteiger partial charge >= 0.3 is 11.9 Å². The molecule has 1 aromatic rings. The smallest absolute Gasteiger partial charge is 0.328 e. The first kappa shape index (κ1) is 15.0. The third-order valence-electron chi connectivity index (χ3n) is 3.60. The Labute approximate surface area is 126 Å². The van der Waals surface area contributed by atoms with E-state index in [2.05, 4.69) is 15.9 Å². The van der Waals surface area contributed by atoms with Crippen molar-refractivity contribution in [3.63, 3.8) is 0 Å². The van der Waals surface area contributed by atoms with Crippen molar-refractivity contribution in [2.24, 2.45) is 5.92 Å². The highest BCUT2D eigenvalue weighted by Crippen LogP contribution is 2.43. The monoisotopic (exact) mass is 340 g/mol. The molecular weight excluding hydrogens is 324 g/mol. The second-order valence-electron chi connectivity index (χ2n) is 5.09. The van der Waals surface area contributed by atoms with E-state index >= 15 is 0 Å². The molecule has 2 rings (SSSR count). The first-order valence-electron chi connectivity index (χ1n) is 6.67. The molecule has 5 heteroatoms. The van der Waals surface area contributed by atoms with Gasteiger partial charge in [-0.15, -0.1) is 0 Å². The maximum Gasteiger partial charge on any atom is 0.328 e. The Bertz CT molecular complexity index is 524. The molecule has 1 aliphatic carbocycles. The molecular formula is C15H17BrO4. The maximum atomic E-state index is 12.4. The standard InChI is InChI=1S/C15H17BrO4/c1-2-20-14(19)15(13(17)18,9-10-6-7-10)11-4-3-5-12(16)8-11/h3-5,8,10H,2,6-7,9H2,1H3,(H,17,18). The Morgan fingerprint density at radius 1 is 1.45 bits per heavy atom. The fourth-order valence-corrected chi connectivity index (χ4v) is 2.78. The first-order chi connectivity index (χ1) is 9.50. The molecule has 1 saturated carbocycles. The quantitative estimate of drug-likeness (QED) is 0.638. The lowest BCUT2D eigenvalue weighted by Gasteiger charge is -2.27. The number of carboxylic acid groups (broad SMARTS) is 1. The van der Waals surface area contributed by atoms with Crippen LogP contribution in [0.4, 0.5) is 0 Å². The van der Waals surface area contributed by atoms with Crippen LogP contribution in [0.25, 0.3) is 0 Å². The van der Waals surface area contributed by atoms with Crippen molar-refractivity contribution >= 4 is 27.9 Å². The number of esters is 1. The van der Waals surface area contributed by atoms with E-state index in [1.165, 1.54) is 0 Å². The van der Waals surface area contributed by atoms with Gasteiger partial charge in [-0.05, 0) is 37.0 Å². The van der Waals surface area contributed by atoms with E-state index in [9.17, 15) is 14.7 Å². The zero-order valence-corrected chi connectivity index (χ0v) is 12.9. The molecule has 1 aromatic carbocycles. The highest BCUT2D eigenvalue weighted by Gasteiger charge is 2.52. The Morgan fingerprint density at radius 3 is 2.65 bits per heavy atom. The molecule has 1 unspecified atom stereocenters. The number of hydrogen-bond donors (Lipinski definition) is 1. The number of carboxylic acids is 1. The Hall–Kier alpha value is -1.36. The molecule has 1 N–H and O–H groups in total. The number of rotatable bonds is 6. The van der Waals surface area contributed by atoms with E-state index in [4.69, 9.17) is 4.74 Å². The summed E-state index contributed by atoms with van der Waals surface area (Å²) in [5.41, 5.74) is -1.12. The van der Waals surface area contributed by atoms with E-state index in [-0.39, 0.29) is 12.5 Å². The van der Waals surface area contributed by atoms with Crippen LogP contribution in [0, 0.1) is 5.92 Å². The SMILES string of the molecule is CCOC(=O)C(CC1CC1)(C(=O)O)c1cccc(Br)c1. The summed E-state index contributed by atoms with van der Waals surface area (Å²) in [6, 6.07) is 6.91. The van der Waals surface area contributed by atoms with Crippen LogP contribution in [0.3, 0.4) is 0 Å². The predicted molar refractivity (Wildman–Crippen MR) is 77.4 cm³/mol. The summed E-state index contributed by atoms with van der Waals surface area (Å²) in [4.78, 5) is 24.3. The second kappa shape index (κ2) is 5.95. The topological polar surface area (TPSA) is 63.6 Å². The largest absolute Gasteiger partial charge is 0.480 e. The van der Waals surface area contributed by atoms with Crippen LogP contribution in [0.15, 0.2) is 28.7 Å². The summed E-state index contributed by atoms with van der Waals surface area (Å²) in [6.45, 7) is 1.86. The molecule has 0 amide bonds. The van der Waals surface area contributed by atoms with Gasteiger partial charge in [-0.2, -0.15) is 0 Å². The van der Waals surface area contributed by atoms with Crippen LogP contribution in [0.5, 0.6) is 0 Å². The number of ether oxygens (including phenoxy) is 1. The minimum absolute atomic E-state index is 0.173. The van der Waals surface area contributed by atoms with Crippen molar-refractivity contribution in [2.45, 2.75) is 31.6 Å². The Kier molecular flexibility index (Phi) is 4.48. The Balaban J connectivity index is 2.49. The summed E-state index contributed by atoms with van der Waals surface area (Å²) in [5, 5.41) is 9.73. The van der Waals surface area contributed by atoms with Crippen LogP contribution in [0.2, 0.25) is 0 Å². The van der Waals surface area contributed by atoms with E-state index in [0.29, 0.717) is 12.0 Å². The van der Waals surface area contributed by atoms with Crippen LogP contribution < -0.4 is 0 Å². The molecule has 1 aliphatic rings. The summed E-state index contributed by atoms with van der Waals surface area (Å²) < 4.78 is 5.81. The number of carbonyl (C=O) groups excluding carboxylic acids is 1. The molecule has 1 fully saturated rings. The summed E-state index contributed by atoms with van der Waals surface area (Å²) in [6.07, 6.45) is 2.25. The van der Waals surface area contributed by atoms with Crippen molar-refractivity contribution in [3.8, 4) is 0 Å². The van der Waals surface area contributed by atoms with Gasteiger partial charge < -0.3 is 9.84 Å². The molecule has 0 heterocycles. The summed E-state index contributed by atoms with van der Waals surface area (Å²) in [5.74, 6) is -1.52. The fourth-order valence-electron chi connectivity index (χ4n) is 2.38.